The van der Waals surface area contributed by atoms with Gasteiger partial charge in [0, 0.05) is 23.1 Å². The molecule has 10 aromatic carbocycles. The largest absolute Gasteiger partial charge is 0.507 e. The van der Waals surface area contributed by atoms with Gasteiger partial charge in [0.2, 0.25) is 0 Å². The number of nitrogens with zero attached hydrogens (tertiary/aromatic N) is 3. The van der Waals surface area contributed by atoms with Gasteiger partial charge in [-0.1, -0.05) is 380 Å². The van der Waals surface area contributed by atoms with Crippen molar-refractivity contribution >= 4 is 39.3 Å². The molecule has 2 unspecified atom stereocenters. The minimum absolute atomic E-state index is 0. The van der Waals surface area contributed by atoms with Crippen molar-refractivity contribution in [3.05, 3.63) is 296 Å². The predicted octanol–water partition coefficient (Wildman–Crippen LogP) is 31.3. The maximum absolute atomic E-state index is 12.4. The molecule has 0 spiro atoms. The van der Waals surface area contributed by atoms with Crippen molar-refractivity contribution in [3.8, 4) is 45.9 Å². The second kappa shape index (κ2) is 71.5. The minimum atomic E-state index is -0.507. The fraction of sp³-hybridized carbons (Fsp3) is 0.407. The first-order valence-electron chi connectivity index (χ1n) is 44.2. The second-order valence-electron chi connectivity index (χ2n) is 23.3. The van der Waals surface area contributed by atoms with Gasteiger partial charge in [0.1, 0.15) is 29.8 Å². The summed E-state index contributed by atoms with van der Waals surface area (Å²) in [6.45, 7) is 59.7. The van der Waals surface area contributed by atoms with Crippen LogP contribution in [0.15, 0.2) is 224 Å². The van der Waals surface area contributed by atoms with E-state index in [1.54, 1.807) is 19.9 Å². The zero-order valence-corrected chi connectivity index (χ0v) is 76.7. The zero-order chi connectivity index (χ0) is 89.1. The van der Waals surface area contributed by atoms with Gasteiger partial charge in [-0.2, -0.15) is 10.5 Å². The van der Waals surface area contributed by atoms with E-state index in [0.29, 0.717) is 30.1 Å². The molecule has 0 amide bonds. The van der Waals surface area contributed by atoms with Crippen LogP contribution in [0.5, 0.6) is 11.5 Å². The number of Topliss-reactive ketones (excluding diaryl/α,β-unsaturated/α-hetero) is 1. The van der Waals surface area contributed by atoms with Crippen molar-refractivity contribution in [3.63, 3.8) is 0 Å². The summed E-state index contributed by atoms with van der Waals surface area (Å²) in [6.07, 6.45) is 11.2. The lowest BCUT2D eigenvalue weighted by atomic mass is 9.82. The van der Waals surface area contributed by atoms with E-state index in [0.717, 1.165) is 120 Å². The molecule has 0 saturated carbocycles. The number of ether oxygens (including phenoxy) is 2. The average Bonchev–Trinajstić information content (AvgIpc) is 1.29. The summed E-state index contributed by atoms with van der Waals surface area (Å²) < 4.78 is 9.57. The maximum atomic E-state index is 12.4. The molecule has 10 heteroatoms. The van der Waals surface area contributed by atoms with Gasteiger partial charge in [0.05, 0.1) is 37.3 Å². The molecule has 640 valence electrons. The Balaban J connectivity index is -0.000000657. The van der Waals surface area contributed by atoms with Crippen LogP contribution in [0.1, 0.15) is 305 Å². The molecule has 0 radical (unpaired) electrons. The molecule has 0 saturated heterocycles. The highest BCUT2D eigenvalue weighted by Gasteiger charge is 2.31. The highest BCUT2D eigenvalue weighted by atomic mass is 16.5. The fourth-order valence-electron chi connectivity index (χ4n) is 13.6. The Bertz CT molecular complexity index is 4500. The Morgan fingerprint density at radius 2 is 0.771 bits per heavy atom. The number of ketones is 1. The van der Waals surface area contributed by atoms with Gasteiger partial charge < -0.3 is 19.7 Å². The zero-order valence-electron chi connectivity index (χ0n) is 76.7. The molecule has 0 aliphatic heterocycles. The van der Waals surface area contributed by atoms with E-state index >= 15 is 0 Å². The molecule has 118 heavy (non-hydrogen) atoms. The maximum Gasteiger partial charge on any atom is 0.336 e. The number of esters is 2. The van der Waals surface area contributed by atoms with Crippen molar-refractivity contribution in [1.29, 1.82) is 10.5 Å². The number of phenols is 2. The van der Waals surface area contributed by atoms with E-state index in [1.807, 2.05) is 263 Å². The lowest BCUT2D eigenvalue weighted by Crippen LogP contribution is -2.13. The summed E-state index contributed by atoms with van der Waals surface area (Å²) in [6, 6.07) is 75.9. The Morgan fingerprint density at radius 1 is 0.415 bits per heavy atom. The van der Waals surface area contributed by atoms with Crippen molar-refractivity contribution < 1.29 is 34.1 Å². The third kappa shape index (κ3) is 33.6. The number of hydrogen-bond acceptors (Lipinski definition) is 9. The summed E-state index contributed by atoms with van der Waals surface area (Å²) in [5.41, 5.74) is 18.7. The standard InChI is InChI=1S/C22H21NO2.C20H15NO.C19H16O.C17H16O.C5H7NO2.12C2H6.CH4/c1-3-25-22(24)21(23-2)19-15-9-13-16-10-7-8-14-18(16)20(19)17-11-5-4-6-12-17;21-12-18-16-11-5-7-13-6-1-2-8-14(13)19(16)15-9-3-4-10-17(15)20(18)22;20-18-12-14-8-5-7-13-6-1-2-9-15(13)19(14)17-11-4-3-10-16(17)18;18-16-12-6-10-13-7-4-5-11-15(13)17(16)14-8-2-1-3-9-14;1-2-8-5(7)3-4-6;12*1-2;/h4-8,10-12,14,20H,3,9,13,15H2,1H3;1-4,6,8-10,22H,5,7,11H2;1-4,6,9-12,20H,5,7-8H2;1-5,7-9,11,17H,6,10,12H2;2-3H2,1H3;12*1-2H3;1H4. The van der Waals surface area contributed by atoms with Crippen molar-refractivity contribution in [2.24, 2.45) is 0 Å². The van der Waals surface area contributed by atoms with Crippen LogP contribution >= 0.6 is 0 Å². The molecule has 10 nitrogen and oxygen atoms in total. The molecule has 0 bridgehead atoms. The van der Waals surface area contributed by atoms with Crippen molar-refractivity contribution in [2.45, 2.75) is 283 Å². The number of carbonyl (C=O) groups is 3. The third-order valence-electron chi connectivity index (χ3n) is 17.7. The van der Waals surface area contributed by atoms with Gasteiger partial charge in [0.25, 0.3) is 5.70 Å². The predicted molar refractivity (Wildman–Crippen MR) is 511 cm³/mol. The molecule has 4 aliphatic rings. The minimum Gasteiger partial charge on any atom is -0.507 e. The number of benzene rings is 10. The SMILES string of the molecule is C.CC.CC.CC.CC.CC.CC.CC.CC.CC.CC.CC.CC.CCOC(=O)CC#N.N#Cc1c2c(c3ccccc3c1O)-c1ccccc1CCC2.O=C1CCCc2ccccc2C1c1ccccc1.Oc1cc2c(c3ccccc13)-c1ccccc1CCC2.[C-]#[N+]C(C(=O)OCC)=C1CCCc2ccccc2C1c1ccccc1. The molecule has 0 heterocycles. The van der Waals surface area contributed by atoms with Crippen LogP contribution < -0.4 is 0 Å². The van der Waals surface area contributed by atoms with Gasteiger partial charge in [0.15, 0.2) is 0 Å². The number of rotatable bonds is 6. The van der Waals surface area contributed by atoms with Crippen LogP contribution in [0.4, 0.5) is 0 Å². The quantitative estimate of drug-likeness (QED) is 0.0714. The Kier molecular flexibility index (Phi) is 68.7. The summed E-state index contributed by atoms with van der Waals surface area (Å²) in [7, 11) is 0. The van der Waals surface area contributed by atoms with Gasteiger partial charge in [-0.15, -0.1) is 0 Å². The number of nitriles is 2. The van der Waals surface area contributed by atoms with Gasteiger partial charge in [-0.25, -0.2) is 4.85 Å². The van der Waals surface area contributed by atoms with Crippen molar-refractivity contribution in [2.75, 3.05) is 13.2 Å². The van der Waals surface area contributed by atoms with Crippen LogP contribution in [0.3, 0.4) is 0 Å². The molecular formula is C108H151N3O7. The third-order valence-corrected chi connectivity index (χ3v) is 17.7. The highest BCUT2D eigenvalue weighted by Crippen LogP contribution is 2.46. The number of aromatic hydroxyl groups is 2. The lowest BCUT2D eigenvalue weighted by Gasteiger charge is -2.22. The Hall–Kier alpha value is -10.9. The molecule has 2 atom stereocenters. The van der Waals surface area contributed by atoms with E-state index in [9.17, 15) is 29.9 Å². The molecular weight excluding hydrogens is 1450 g/mol. The summed E-state index contributed by atoms with van der Waals surface area (Å²) in [5, 5.41) is 42.2. The molecule has 10 aromatic rings. The monoisotopic (exact) mass is 1600 g/mol. The van der Waals surface area contributed by atoms with Gasteiger partial charge in [-0.3, -0.25) is 14.4 Å². The summed E-state index contributed by atoms with van der Waals surface area (Å²) in [5.74, 6) is -0.220. The number of hydrogen-bond donors (Lipinski definition) is 2. The second-order valence-corrected chi connectivity index (χ2v) is 23.3. The topological polar surface area (TPSA) is 162 Å². The van der Waals surface area contributed by atoms with E-state index < -0.39 is 11.9 Å². The van der Waals surface area contributed by atoms with E-state index in [4.69, 9.17) is 16.6 Å². The van der Waals surface area contributed by atoms with Crippen LogP contribution in [-0.4, -0.2) is 41.1 Å². The first-order chi connectivity index (χ1) is 57.6. The number of allylic oxidation sites excluding steroid dienone is 1. The summed E-state index contributed by atoms with van der Waals surface area (Å²) >= 11 is 0. The number of carbonyl (C=O) groups excluding carboxylic acids is 3. The molecule has 0 aromatic heterocycles. The normalized spacial score (nSPS) is 12.7. The smallest absolute Gasteiger partial charge is 0.336 e. The Morgan fingerprint density at radius 3 is 1.23 bits per heavy atom. The molecule has 14 rings (SSSR count). The van der Waals surface area contributed by atoms with Crippen LogP contribution in [-0.2, 0) is 62.4 Å². The number of aryl methyl sites for hydroxylation is 5. The first-order valence-corrected chi connectivity index (χ1v) is 44.2. The number of phenolic OH excluding ortho intramolecular Hbond substituents is 2. The van der Waals surface area contributed by atoms with E-state index in [1.165, 1.54) is 55.6 Å². The molecule has 2 N–H and O–H groups in total. The summed E-state index contributed by atoms with van der Waals surface area (Å²) in [4.78, 5) is 38.5. The van der Waals surface area contributed by atoms with Gasteiger partial charge >= 0.3 is 11.9 Å². The Labute approximate surface area is 717 Å². The van der Waals surface area contributed by atoms with Gasteiger partial charge in [-0.05, 0) is 185 Å². The number of fused-ring (bicyclic) bond motifs is 12. The fourth-order valence-corrected chi connectivity index (χ4v) is 13.6. The van der Waals surface area contributed by atoms with Crippen LogP contribution in [0, 0.1) is 29.2 Å². The molecule has 0 fully saturated rings. The van der Waals surface area contributed by atoms with Crippen LogP contribution in [0.25, 0.3) is 48.6 Å². The van der Waals surface area contributed by atoms with E-state index in [2.05, 4.69) is 131 Å². The highest BCUT2D eigenvalue weighted by molar-refractivity contribution is 6.05. The lowest BCUT2D eigenvalue weighted by molar-refractivity contribution is -0.142. The molecule has 4 aliphatic carbocycles. The van der Waals surface area contributed by atoms with E-state index in [-0.39, 0.29) is 43.7 Å². The van der Waals surface area contributed by atoms with Crippen molar-refractivity contribution in [1.82, 2.24) is 0 Å². The van der Waals surface area contributed by atoms with Crippen LogP contribution in [0.2, 0.25) is 0 Å². The average molecular weight is 1600 g/mol. The first kappa shape index (κ1) is 113.